The number of allylic oxidation sites excluding steroid dienone is 4. The van der Waals surface area contributed by atoms with Crippen molar-refractivity contribution in [2.24, 2.45) is 4.99 Å². The average Bonchev–Trinajstić information content (AvgIpc) is 3.36. The second-order valence-electron chi connectivity index (χ2n) is 7.22. The van der Waals surface area contributed by atoms with Crippen molar-refractivity contribution in [3.05, 3.63) is 58.9 Å². The summed E-state index contributed by atoms with van der Waals surface area (Å²) in [5.74, 6) is 0.721. The van der Waals surface area contributed by atoms with Gasteiger partial charge >= 0.3 is 0 Å². The van der Waals surface area contributed by atoms with Crippen LogP contribution >= 0.6 is 0 Å². The molecular formula is C21H22FN5. The number of nitrogens with one attached hydrogen (secondary N) is 2. The summed E-state index contributed by atoms with van der Waals surface area (Å²) in [4.78, 5) is 12.5. The van der Waals surface area contributed by atoms with Crippen LogP contribution in [0.1, 0.15) is 37.3 Å². The lowest BCUT2D eigenvalue weighted by atomic mass is 9.99. The summed E-state index contributed by atoms with van der Waals surface area (Å²) in [6, 6.07) is 2.52. The summed E-state index contributed by atoms with van der Waals surface area (Å²) in [6.45, 7) is 2.04. The lowest BCUT2D eigenvalue weighted by Crippen LogP contribution is -2.39. The molecule has 3 aliphatic rings. The summed E-state index contributed by atoms with van der Waals surface area (Å²) in [5, 5.41) is 5.56. The van der Waals surface area contributed by atoms with E-state index in [0.717, 1.165) is 60.0 Å². The van der Waals surface area contributed by atoms with Crippen molar-refractivity contribution in [1.82, 2.24) is 19.9 Å². The number of piperidine rings is 1. The molecule has 0 atom stereocenters. The molecule has 2 aromatic heterocycles. The van der Waals surface area contributed by atoms with Gasteiger partial charge in [0.15, 0.2) is 0 Å². The fraction of sp³-hybridized carbons (Fsp3) is 0.333. The van der Waals surface area contributed by atoms with Crippen molar-refractivity contribution in [1.29, 1.82) is 0 Å². The van der Waals surface area contributed by atoms with Crippen molar-refractivity contribution >= 4 is 23.2 Å². The van der Waals surface area contributed by atoms with Crippen LogP contribution in [0.25, 0.3) is 11.1 Å². The van der Waals surface area contributed by atoms with Crippen molar-refractivity contribution in [3.63, 3.8) is 0 Å². The number of nitrogens with zero attached hydrogens (tertiary/aromatic N) is 3. The van der Waals surface area contributed by atoms with E-state index < -0.39 is 0 Å². The van der Waals surface area contributed by atoms with Gasteiger partial charge in [-0.1, -0.05) is 6.08 Å². The number of aliphatic imine (C=N–C) groups is 1. The molecular weight excluding hydrogens is 341 g/mol. The van der Waals surface area contributed by atoms with E-state index in [1.54, 1.807) is 6.08 Å². The fourth-order valence-electron chi connectivity index (χ4n) is 4.23. The summed E-state index contributed by atoms with van der Waals surface area (Å²) >= 11 is 0. The van der Waals surface area contributed by atoms with Gasteiger partial charge in [-0.25, -0.2) is 14.4 Å². The zero-order valence-electron chi connectivity index (χ0n) is 15.1. The van der Waals surface area contributed by atoms with Crippen molar-refractivity contribution in [2.75, 3.05) is 13.1 Å². The fourth-order valence-corrected chi connectivity index (χ4v) is 4.23. The van der Waals surface area contributed by atoms with Crippen LogP contribution in [0.5, 0.6) is 0 Å². The Kier molecular flexibility index (Phi) is 4.13. The summed E-state index contributed by atoms with van der Waals surface area (Å²) in [6.07, 6.45) is 14.4. The Morgan fingerprint density at radius 3 is 2.85 bits per heavy atom. The molecule has 27 heavy (non-hydrogen) atoms. The number of aromatic amines is 1. The molecule has 2 N–H and O–H groups in total. The van der Waals surface area contributed by atoms with Gasteiger partial charge in [-0.3, -0.25) is 0 Å². The van der Waals surface area contributed by atoms with Crippen LogP contribution < -0.4 is 16.0 Å². The molecule has 5 rings (SSSR count). The lowest BCUT2D eigenvalue weighted by Gasteiger charge is -2.25. The molecule has 0 radical (unpaired) electrons. The smallest absolute Gasteiger partial charge is 0.137 e. The Labute approximate surface area is 156 Å². The number of aromatic nitrogens is 3. The minimum Gasteiger partial charge on any atom is -0.346 e. The molecule has 5 nitrogen and oxygen atoms in total. The lowest BCUT2D eigenvalue weighted by molar-refractivity contribution is 0.362. The van der Waals surface area contributed by atoms with E-state index >= 15 is 0 Å². The number of halogens is 1. The molecule has 0 bridgehead atoms. The highest BCUT2D eigenvalue weighted by Gasteiger charge is 2.21. The molecule has 0 unspecified atom stereocenters. The molecule has 4 heterocycles. The third kappa shape index (κ3) is 2.90. The predicted molar refractivity (Wildman–Crippen MR) is 105 cm³/mol. The number of fused-ring (bicyclic) bond motifs is 1. The maximum absolute atomic E-state index is 13.5. The first-order chi connectivity index (χ1) is 13.3. The largest absolute Gasteiger partial charge is 0.346 e. The van der Waals surface area contributed by atoms with E-state index in [9.17, 15) is 4.39 Å². The number of hydrogen-bond donors (Lipinski definition) is 2. The van der Waals surface area contributed by atoms with E-state index in [-0.39, 0.29) is 5.83 Å². The standard InChI is InChI=1S/C21H22FN5/c22-15-3-1-14(2-4-15)19-20(17-7-11-24-21-18(17)8-12-25-21)27(13-26-19)16-5-9-23-10-6-16/h1,3-4,8,11-13,16,23,25H,2,5-7,9-10H2. The van der Waals surface area contributed by atoms with Crippen LogP contribution in [-0.4, -0.2) is 33.8 Å². The Morgan fingerprint density at radius 2 is 2.04 bits per heavy atom. The number of hydrogen-bond acceptors (Lipinski definition) is 3. The number of H-pyrrole nitrogens is 1. The molecule has 0 saturated carbocycles. The van der Waals surface area contributed by atoms with Gasteiger partial charge in [0.25, 0.3) is 0 Å². The molecule has 2 aliphatic heterocycles. The third-order valence-corrected chi connectivity index (χ3v) is 5.61. The second-order valence-corrected chi connectivity index (χ2v) is 7.22. The van der Waals surface area contributed by atoms with Gasteiger partial charge in [0.1, 0.15) is 11.6 Å². The Morgan fingerprint density at radius 1 is 1.15 bits per heavy atom. The van der Waals surface area contributed by atoms with Crippen LogP contribution in [0, 0.1) is 0 Å². The van der Waals surface area contributed by atoms with Crippen molar-refractivity contribution in [2.45, 2.75) is 31.7 Å². The number of rotatable bonds is 1. The van der Waals surface area contributed by atoms with E-state index in [0.29, 0.717) is 12.5 Å². The first-order valence-corrected chi connectivity index (χ1v) is 9.55. The Hall–Kier alpha value is -2.73. The van der Waals surface area contributed by atoms with Gasteiger partial charge in [0, 0.05) is 30.4 Å². The zero-order chi connectivity index (χ0) is 18.2. The molecule has 138 valence electrons. The van der Waals surface area contributed by atoms with Crippen LogP contribution in [-0.2, 0) is 0 Å². The predicted octanol–water partition coefficient (Wildman–Crippen LogP) is 2.40. The molecule has 0 amide bonds. The minimum absolute atomic E-state index is 0.177. The highest BCUT2D eigenvalue weighted by molar-refractivity contribution is 5.88. The van der Waals surface area contributed by atoms with Crippen LogP contribution in [0.3, 0.4) is 0 Å². The first kappa shape index (κ1) is 16.4. The summed E-state index contributed by atoms with van der Waals surface area (Å²) in [5.41, 5.74) is 3.44. The third-order valence-electron chi connectivity index (χ3n) is 5.61. The van der Waals surface area contributed by atoms with E-state index in [4.69, 9.17) is 4.98 Å². The second kappa shape index (κ2) is 6.78. The van der Waals surface area contributed by atoms with E-state index in [1.165, 1.54) is 11.6 Å². The molecule has 0 spiro atoms. The van der Waals surface area contributed by atoms with Gasteiger partial charge in [-0.05, 0) is 61.7 Å². The maximum Gasteiger partial charge on any atom is 0.137 e. The quantitative estimate of drug-likeness (QED) is 0.817. The van der Waals surface area contributed by atoms with Crippen molar-refractivity contribution < 1.29 is 4.39 Å². The topological polar surface area (TPSA) is 58.0 Å². The van der Waals surface area contributed by atoms with E-state index in [2.05, 4.69) is 25.9 Å². The van der Waals surface area contributed by atoms with Gasteiger partial charge in [-0.2, -0.15) is 0 Å². The number of imidazole rings is 1. The van der Waals surface area contributed by atoms with Crippen LogP contribution in [0.2, 0.25) is 0 Å². The Bertz CT molecular complexity index is 1080. The summed E-state index contributed by atoms with van der Waals surface area (Å²) in [7, 11) is 0. The minimum atomic E-state index is -0.177. The molecule has 1 aliphatic carbocycles. The van der Waals surface area contributed by atoms with Crippen LogP contribution in [0.4, 0.5) is 10.2 Å². The SMILES string of the molecule is FC1=CCC(=c2ncn(C3CCNCC3)c2=C2CC=Nc3[nH]ccc32)C=C1. The molecule has 6 heteroatoms. The molecule has 1 fully saturated rings. The zero-order valence-corrected chi connectivity index (χ0v) is 15.1. The summed E-state index contributed by atoms with van der Waals surface area (Å²) < 4.78 is 15.8. The van der Waals surface area contributed by atoms with Gasteiger partial charge < -0.3 is 14.9 Å². The van der Waals surface area contributed by atoms with Gasteiger partial charge in [0.05, 0.1) is 17.0 Å². The molecule has 1 saturated heterocycles. The Balaban J connectivity index is 1.79. The highest BCUT2D eigenvalue weighted by Crippen LogP contribution is 2.29. The normalized spacial score (nSPS) is 24.1. The first-order valence-electron chi connectivity index (χ1n) is 9.55. The maximum atomic E-state index is 13.5. The average molecular weight is 363 g/mol. The highest BCUT2D eigenvalue weighted by atomic mass is 19.1. The monoisotopic (exact) mass is 363 g/mol. The molecule has 0 aromatic carbocycles. The van der Waals surface area contributed by atoms with E-state index in [1.807, 2.05) is 24.8 Å². The van der Waals surface area contributed by atoms with Crippen molar-refractivity contribution in [3.8, 4) is 0 Å². The van der Waals surface area contributed by atoms with Crippen LogP contribution in [0.15, 0.2) is 47.6 Å². The molecule has 2 aromatic rings. The van der Waals surface area contributed by atoms with Gasteiger partial charge in [0.2, 0.25) is 0 Å². The van der Waals surface area contributed by atoms with Gasteiger partial charge in [-0.15, -0.1) is 0 Å².